The highest BCUT2D eigenvalue weighted by molar-refractivity contribution is 9.11. The zero-order valence-electron chi connectivity index (χ0n) is 14.5. The number of ether oxygens (including phenoxy) is 1. The monoisotopic (exact) mass is 492 g/mol. The molecule has 2 aromatic rings. The molecule has 0 saturated carbocycles. The molecule has 0 N–H and O–H groups in total. The van der Waals surface area contributed by atoms with Gasteiger partial charge in [0, 0.05) is 31.2 Å². The molecule has 0 bridgehead atoms. The Balaban J connectivity index is 1.54. The predicted octanol–water partition coefficient (Wildman–Crippen LogP) is 3.38. The van der Waals surface area contributed by atoms with E-state index in [2.05, 4.69) is 15.9 Å². The Morgan fingerprint density at radius 1 is 1.22 bits per heavy atom. The van der Waals surface area contributed by atoms with Crippen LogP contribution in [0.2, 0.25) is 5.02 Å². The van der Waals surface area contributed by atoms with Gasteiger partial charge in [-0.25, -0.2) is 8.42 Å². The number of benzene rings is 1. The number of hydrogen-bond acceptors (Lipinski definition) is 5. The van der Waals surface area contributed by atoms with E-state index in [9.17, 15) is 13.2 Å². The molecule has 1 fully saturated rings. The summed E-state index contributed by atoms with van der Waals surface area (Å²) < 4.78 is 33.3. The average molecular weight is 494 g/mol. The summed E-state index contributed by atoms with van der Waals surface area (Å²) in [6.45, 7) is 2.99. The quantitative estimate of drug-likeness (QED) is 0.640. The topological polar surface area (TPSA) is 66.9 Å². The second-order valence-corrected chi connectivity index (χ2v) is 11.1. The number of halogens is 2. The van der Waals surface area contributed by atoms with Crippen LogP contribution in [0.25, 0.3) is 0 Å². The van der Waals surface area contributed by atoms with Crippen LogP contribution in [0.5, 0.6) is 5.75 Å². The maximum atomic E-state index is 12.6. The molecule has 1 aliphatic heterocycles. The molecule has 27 heavy (non-hydrogen) atoms. The molecule has 146 valence electrons. The molecule has 1 aliphatic rings. The van der Waals surface area contributed by atoms with Crippen molar-refractivity contribution in [2.45, 2.75) is 11.1 Å². The Bertz CT molecular complexity index is 940. The van der Waals surface area contributed by atoms with Crippen LogP contribution >= 0.6 is 38.9 Å². The number of amides is 1. The minimum Gasteiger partial charge on any atom is -0.484 e. The van der Waals surface area contributed by atoms with Crippen LogP contribution in [0.1, 0.15) is 5.56 Å². The fourth-order valence-corrected chi connectivity index (χ4v) is 6.39. The average Bonchev–Trinajstić information content (AvgIpc) is 3.10. The molecule has 0 radical (unpaired) electrons. The zero-order valence-corrected chi connectivity index (χ0v) is 18.5. The fraction of sp³-hybridized carbons (Fsp3) is 0.353. The normalized spacial score (nSPS) is 15.7. The van der Waals surface area contributed by atoms with Crippen molar-refractivity contribution < 1.29 is 17.9 Å². The summed E-state index contributed by atoms with van der Waals surface area (Å²) in [7, 11) is -3.51. The lowest BCUT2D eigenvalue weighted by Gasteiger charge is -2.33. The van der Waals surface area contributed by atoms with Gasteiger partial charge >= 0.3 is 0 Å². The number of nitrogens with zero attached hydrogens (tertiary/aromatic N) is 2. The van der Waals surface area contributed by atoms with Gasteiger partial charge in [-0.2, -0.15) is 4.31 Å². The summed E-state index contributed by atoms with van der Waals surface area (Å²) >= 11 is 10.4. The first-order valence-electron chi connectivity index (χ1n) is 8.19. The molecule has 0 aliphatic carbocycles. The number of hydrogen-bond donors (Lipinski definition) is 0. The molecule has 0 atom stereocenters. The van der Waals surface area contributed by atoms with E-state index in [0.717, 1.165) is 9.35 Å². The number of thiophene rings is 1. The van der Waals surface area contributed by atoms with Gasteiger partial charge in [0.2, 0.25) is 0 Å². The van der Waals surface area contributed by atoms with E-state index in [1.165, 1.54) is 15.6 Å². The van der Waals surface area contributed by atoms with Gasteiger partial charge in [0.25, 0.3) is 15.9 Å². The molecular weight excluding hydrogens is 476 g/mol. The molecule has 1 aromatic heterocycles. The lowest BCUT2D eigenvalue weighted by atomic mass is 10.2. The van der Waals surface area contributed by atoms with Crippen LogP contribution in [0.15, 0.2) is 38.3 Å². The molecule has 0 unspecified atom stereocenters. The number of carbonyl (C=O) groups excluding carboxylic acids is 1. The van der Waals surface area contributed by atoms with Crippen molar-refractivity contribution in [2.24, 2.45) is 0 Å². The minimum absolute atomic E-state index is 0.0916. The summed E-state index contributed by atoms with van der Waals surface area (Å²) in [5.41, 5.74) is 0.876. The summed E-state index contributed by atoms with van der Waals surface area (Å²) in [5, 5.41) is 0.642. The van der Waals surface area contributed by atoms with Crippen molar-refractivity contribution in [1.82, 2.24) is 9.21 Å². The fourth-order valence-electron chi connectivity index (χ4n) is 2.68. The van der Waals surface area contributed by atoms with Gasteiger partial charge < -0.3 is 9.64 Å². The van der Waals surface area contributed by atoms with E-state index >= 15 is 0 Å². The third-order valence-electron chi connectivity index (χ3n) is 4.23. The Morgan fingerprint density at radius 3 is 2.52 bits per heavy atom. The van der Waals surface area contributed by atoms with E-state index in [1.54, 1.807) is 35.2 Å². The van der Waals surface area contributed by atoms with Crippen LogP contribution in [0, 0.1) is 6.92 Å². The number of aryl methyl sites for hydroxylation is 1. The second-order valence-electron chi connectivity index (χ2n) is 6.04. The standard InChI is InChI=1S/C17H18BrClN2O4S2/c1-12-10-13(2-3-14(12)19)25-11-16(22)20-6-8-21(9-7-20)27(23,24)17-5-4-15(18)26-17/h2-5,10H,6-9,11H2,1H3. The smallest absolute Gasteiger partial charge is 0.260 e. The Kier molecular flexibility index (Phi) is 6.47. The lowest BCUT2D eigenvalue weighted by Crippen LogP contribution is -2.51. The maximum Gasteiger partial charge on any atom is 0.260 e. The third-order valence-corrected chi connectivity index (χ3v) is 8.64. The van der Waals surface area contributed by atoms with E-state index in [-0.39, 0.29) is 25.6 Å². The van der Waals surface area contributed by atoms with E-state index in [1.807, 2.05) is 6.92 Å². The first kappa shape index (κ1) is 20.6. The molecule has 3 rings (SSSR count). The van der Waals surface area contributed by atoms with Gasteiger partial charge in [-0.3, -0.25) is 4.79 Å². The molecule has 1 saturated heterocycles. The molecular formula is C17H18BrClN2O4S2. The van der Waals surface area contributed by atoms with Crippen LogP contribution in [-0.4, -0.2) is 56.3 Å². The number of piperazine rings is 1. The third kappa shape index (κ3) is 4.83. The van der Waals surface area contributed by atoms with Gasteiger partial charge in [-0.15, -0.1) is 11.3 Å². The summed E-state index contributed by atoms with van der Waals surface area (Å²) in [6.07, 6.45) is 0. The molecule has 0 spiro atoms. The van der Waals surface area contributed by atoms with Crippen molar-refractivity contribution in [3.05, 3.63) is 44.7 Å². The molecule has 1 amide bonds. The number of rotatable bonds is 5. The number of carbonyl (C=O) groups is 1. The predicted molar refractivity (Wildman–Crippen MR) is 109 cm³/mol. The van der Waals surface area contributed by atoms with Crippen molar-refractivity contribution in [1.29, 1.82) is 0 Å². The lowest BCUT2D eigenvalue weighted by molar-refractivity contribution is -0.134. The molecule has 6 nitrogen and oxygen atoms in total. The van der Waals surface area contributed by atoms with Crippen LogP contribution in [0.3, 0.4) is 0 Å². The van der Waals surface area contributed by atoms with E-state index in [4.69, 9.17) is 16.3 Å². The van der Waals surface area contributed by atoms with Crippen molar-refractivity contribution in [2.75, 3.05) is 32.8 Å². The summed E-state index contributed by atoms with van der Waals surface area (Å²) in [6, 6.07) is 8.52. The maximum absolute atomic E-state index is 12.6. The molecule has 10 heteroatoms. The van der Waals surface area contributed by atoms with Crippen molar-refractivity contribution in [3.63, 3.8) is 0 Å². The zero-order chi connectivity index (χ0) is 19.6. The Labute approximate surface area is 175 Å². The highest BCUT2D eigenvalue weighted by Crippen LogP contribution is 2.29. The van der Waals surface area contributed by atoms with Crippen LogP contribution in [0.4, 0.5) is 0 Å². The largest absolute Gasteiger partial charge is 0.484 e. The summed E-state index contributed by atoms with van der Waals surface area (Å²) in [5.74, 6) is 0.410. The first-order valence-corrected chi connectivity index (χ1v) is 11.6. The van der Waals surface area contributed by atoms with Crippen LogP contribution < -0.4 is 4.74 Å². The van der Waals surface area contributed by atoms with Gasteiger partial charge in [0.15, 0.2) is 6.61 Å². The second kappa shape index (κ2) is 8.48. The highest BCUT2D eigenvalue weighted by atomic mass is 79.9. The highest BCUT2D eigenvalue weighted by Gasteiger charge is 2.31. The van der Waals surface area contributed by atoms with Crippen LogP contribution in [-0.2, 0) is 14.8 Å². The van der Waals surface area contributed by atoms with Crippen molar-refractivity contribution >= 4 is 54.8 Å². The van der Waals surface area contributed by atoms with Gasteiger partial charge in [0.05, 0.1) is 3.79 Å². The van der Waals surface area contributed by atoms with Crippen molar-refractivity contribution in [3.8, 4) is 5.75 Å². The van der Waals surface area contributed by atoms with Gasteiger partial charge in [-0.1, -0.05) is 11.6 Å². The van der Waals surface area contributed by atoms with Gasteiger partial charge in [0.1, 0.15) is 9.96 Å². The molecule has 1 aromatic carbocycles. The minimum atomic E-state index is -3.51. The van der Waals surface area contributed by atoms with Gasteiger partial charge in [-0.05, 0) is 58.7 Å². The molecule has 2 heterocycles. The Hall–Kier alpha value is -1.13. The van der Waals surface area contributed by atoms with E-state index in [0.29, 0.717) is 28.1 Å². The van der Waals surface area contributed by atoms with E-state index < -0.39 is 10.0 Å². The SMILES string of the molecule is Cc1cc(OCC(=O)N2CCN(S(=O)(=O)c3ccc(Br)s3)CC2)ccc1Cl. The summed E-state index contributed by atoms with van der Waals surface area (Å²) in [4.78, 5) is 14.0. The Morgan fingerprint density at radius 2 is 1.93 bits per heavy atom. The number of sulfonamides is 1. The first-order chi connectivity index (χ1) is 12.8.